The summed E-state index contributed by atoms with van der Waals surface area (Å²) in [6, 6.07) is 14.7. The first kappa shape index (κ1) is 21.2. The number of halogens is 2. The normalized spacial score (nSPS) is 12.2. The lowest BCUT2D eigenvalue weighted by Gasteiger charge is -2.08. The molecular weight excluding hydrogens is 387 g/mol. The molecule has 3 aromatic rings. The Morgan fingerprint density at radius 2 is 1.85 bits per heavy atom. The van der Waals surface area contributed by atoms with Gasteiger partial charge in [0.2, 0.25) is 0 Å². The Morgan fingerprint density at radius 3 is 2.44 bits per heavy atom. The van der Waals surface area contributed by atoms with Crippen molar-refractivity contribution in [2.75, 3.05) is 12.8 Å². The van der Waals surface area contributed by atoms with Crippen LogP contribution >= 0.6 is 12.4 Å². The predicted octanol–water partition coefficient (Wildman–Crippen LogP) is 4.25. The van der Waals surface area contributed by atoms with Crippen LogP contribution in [0.15, 0.2) is 65.3 Å². The number of hydrogen-bond donors (Lipinski definition) is 1. The molecule has 0 fully saturated rings. The van der Waals surface area contributed by atoms with Gasteiger partial charge in [-0.15, -0.1) is 12.4 Å². The molecule has 0 atom stereocenters. The minimum Gasteiger partial charge on any atom is -0.337 e. The Labute approximate surface area is 164 Å². The van der Waals surface area contributed by atoms with Gasteiger partial charge in [-0.2, -0.15) is 0 Å². The van der Waals surface area contributed by atoms with Crippen molar-refractivity contribution < 1.29 is 12.8 Å². The summed E-state index contributed by atoms with van der Waals surface area (Å²) in [4.78, 5) is 0.248. The Bertz CT molecular complexity index is 1090. The fourth-order valence-corrected chi connectivity index (χ4v) is 3.86. The van der Waals surface area contributed by atoms with Gasteiger partial charge in [0.15, 0.2) is 9.84 Å². The molecule has 0 aliphatic carbocycles. The molecule has 0 saturated carbocycles. The first-order valence-electron chi connectivity index (χ1n) is 8.26. The number of rotatable bonds is 5. The van der Waals surface area contributed by atoms with E-state index in [4.69, 9.17) is 5.73 Å². The number of nitrogens with two attached hydrogens (primary N) is 1. The van der Waals surface area contributed by atoms with Gasteiger partial charge in [-0.3, -0.25) is 0 Å². The standard InChI is InChI=1S/C20H21FN2O2S.ClH/c1-14-20(15-6-4-3-5-7-15)18-12-17(26(2,24)25)8-9-19(18)23(14)13-16(21)10-11-22;/h3-10,12H,11,13,22H2,1-2H3;1H/b16-10-;. The molecule has 3 rings (SSSR count). The Kier molecular flexibility index (Phi) is 6.46. The highest BCUT2D eigenvalue weighted by Gasteiger charge is 2.18. The molecule has 0 aliphatic heterocycles. The van der Waals surface area contributed by atoms with Crippen molar-refractivity contribution in [2.45, 2.75) is 18.4 Å². The molecule has 0 bridgehead atoms. The van der Waals surface area contributed by atoms with Gasteiger partial charge in [-0.1, -0.05) is 30.3 Å². The fourth-order valence-electron chi connectivity index (χ4n) is 3.21. The van der Waals surface area contributed by atoms with E-state index in [1.807, 2.05) is 41.8 Å². The van der Waals surface area contributed by atoms with Gasteiger partial charge in [-0.25, -0.2) is 12.8 Å². The molecular formula is C20H22ClFN2O2S. The molecule has 0 amide bonds. The number of benzene rings is 2. The quantitative estimate of drug-likeness (QED) is 0.686. The summed E-state index contributed by atoms with van der Waals surface area (Å²) in [5.74, 6) is -0.320. The lowest BCUT2D eigenvalue weighted by Crippen LogP contribution is -2.03. The molecule has 0 saturated heterocycles. The first-order chi connectivity index (χ1) is 12.3. The van der Waals surface area contributed by atoms with Crippen molar-refractivity contribution in [2.24, 2.45) is 5.73 Å². The number of allylic oxidation sites excluding steroid dienone is 1. The molecule has 4 nitrogen and oxygen atoms in total. The molecule has 2 aromatic carbocycles. The monoisotopic (exact) mass is 408 g/mol. The van der Waals surface area contributed by atoms with Crippen LogP contribution in [0.2, 0.25) is 0 Å². The predicted molar refractivity (Wildman–Crippen MR) is 111 cm³/mol. The molecule has 1 aromatic heterocycles. The van der Waals surface area contributed by atoms with Crippen LogP contribution in [0.5, 0.6) is 0 Å². The molecule has 2 N–H and O–H groups in total. The van der Waals surface area contributed by atoms with Crippen LogP contribution in [0, 0.1) is 6.92 Å². The summed E-state index contributed by atoms with van der Waals surface area (Å²) < 4.78 is 40.0. The molecule has 7 heteroatoms. The van der Waals surface area contributed by atoms with E-state index in [2.05, 4.69) is 0 Å². The van der Waals surface area contributed by atoms with Gasteiger partial charge in [0.1, 0.15) is 5.83 Å². The van der Waals surface area contributed by atoms with Gasteiger partial charge in [0.25, 0.3) is 0 Å². The van der Waals surface area contributed by atoms with E-state index < -0.39 is 9.84 Å². The van der Waals surface area contributed by atoms with Gasteiger partial charge >= 0.3 is 0 Å². The lowest BCUT2D eigenvalue weighted by molar-refractivity contribution is 0.555. The van der Waals surface area contributed by atoms with E-state index in [-0.39, 0.29) is 36.2 Å². The van der Waals surface area contributed by atoms with Crippen LogP contribution in [0.25, 0.3) is 22.0 Å². The topological polar surface area (TPSA) is 65.1 Å². The minimum absolute atomic E-state index is 0. The average molecular weight is 409 g/mol. The number of aromatic nitrogens is 1. The molecule has 0 unspecified atom stereocenters. The first-order valence-corrected chi connectivity index (χ1v) is 10.1. The molecule has 27 heavy (non-hydrogen) atoms. The summed E-state index contributed by atoms with van der Waals surface area (Å²) in [6.07, 6.45) is 2.53. The molecule has 1 heterocycles. The zero-order valence-corrected chi connectivity index (χ0v) is 16.8. The van der Waals surface area contributed by atoms with Crippen molar-refractivity contribution in [3.63, 3.8) is 0 Å². The van der Waals surface area contributed by atoms with Crippen molar-refractivity contribution >= 4 is 33.1 Å². The smallest absolute Gasteiger partial charge is 0.175 e. The SMILES string of the molecule is Cc1c(-c2ccccc2)c2cc(S(C)(=O)=O)ccc2n1C/C(F)=C/CN.Cl. The average Bonchev–Trinajstić information content (AvgIpc) is 2.86. The lowest BCUT2D eigenvalue weighted by atomic mass is 10.0. The maximum atomic E-state index is 14.1. The molecule has 0 radical (unpaired) electrons. The van der Waals surface area contributed by atoms with E-state index in [0.717, 1.165) is 27.7 Å². The van der Waals surface area contributed by atoms with Crippen LogP contribution in [0.1, 0.15) is 5.69 Å². The second-order valence-electron chi connectivity index (χ2n) is 6.25. The van der Waals surface area contributed by atoms with Crippen molar-refractivity contribution in [3.8, 4) is 11.1 Å². The highest BCUT2D eigenvalue weighted by Crippen LogP contribution is 2.36. The zero-order valence-electron chi connectivity index (χ0n) is 15.1. The van der Waals surface area contributed by atoms with Crippen LogP contribution in [0.3, 0.4) is 0 Å². The zero-order chi connectivity index (χ0) is 18.9. The highest BCUT2D eigenvalue weighted by molar-refractivity contribution is 7.90. The summed E-state index contributed by atoms with van der Waals surface area (Å²) in [5.41, 5.74) is 8.93. The third-order valence-electron chi connectivity index (χ3n) is 4.43. The molecule has 144 valence electrons. The number of nitrogens with zero attached hydrogens (tertiary/aromatic N) is 1. The number of fused-ring (bicyclic) bond motifs is 1. The summed E-state index contributed by atoms with van der Waals surface area (Å²) >= 11 is 0. The van der Waals surface area contributed by atoms with Crippen molar-refractivity contribution in [3.05, 3.63) is 66.1 Å². The third-order valence-corrected chi connectivity index (χ3v) is 5.54. The van der Waals surface area contributed by atoms with Gasteiger partial charge in [0, 0.05) is 35.0 Å². The fraction of sp³-hybridized carbons (Fsp3) is 0.200. The second kappa shape index (κ2) is 8.25. The van der Waals surface area contributed by atoms with Crippen LogP contribution in [-0.4, -0.2) is 25.8 Å². The maximum absolute atomic E-state index is 14.1. The van der Waals surface area contributed by atoms with E-state index in [1.54, 1.807) is 18.2 Å². The minimum atomic E-state index is -3.34. The van der Waals surface area contributed by atoms with Crippen molar-refractivity contribution in [1.82, 2.24) is 4.57 Å². The molecule has 0 spiro atoms. The summed E-state index contributed by atoms with van der Waals surface area (Å²) in [5, 5.41) is 0.789. The Balaban J connectivity index is 0.00000261. The van der Waals surface area contributed by atoms with E-state index in [0.29, 0.717) is 0 Å². The summed E-state index contributed by atoms with van der Waals surface area (Å²) in [6.45, 7) is 2.11. The number of sulfone groups is 1. The van der Waals surface area contributed by atoms with E-state index >= 15 is 0 Å². The van der Waals surface area contributed by atoms with Crippen LogP contribution < -0.4 is 5.73 Å². The molecule has 0 aliphatic rings. The Morgan fingerprint density at radius 1 is 1.19 bits per heavy atom. The maximum Gasteiger partial charge on any atom is 0.175 e. The largest absolute Gasteiger partial charge is 0.337 e. The van der Waals surface area contributed by atoms with Gasteiger partial charge in [0.05, 0.1) is 11.4 Å². The van der Waals surface area contributed by atoms with Gasteiger partial charge in [-0.05, 0) is 36.8 Å². The van der Waals surface area contributed by atoms with E-state index in [1.165, 1.54) is 12.3 Å². The van der Waals surface area contributed by atoms with E-state index in [9.17, 15) is 12.8 Å². The summed E-state index contributed by atoms with van der Waals surface area (Å²) in [7, 11) is -3.34. The second-order valence-corrected chi connectivity index (χ2v) is 8.27. The van der Waals surface area contributed by atoms with Crippen LogP contribution in [0.4, 0.5) is 4.39 Å². The van der Waals surface area contributed by atoms with Gasteiger partial charge < -0.3 is 10.3 Å². The van der Waals surface area contributed by atoms with Crippen LogP contribution in [-0.2, 0) is 16.4 Å². The highest BCUT2D eigenvalue weighted by atomic mass is 35.5. The third kappa shape index (κ3) is 4.24. The number of hydrogen-bond acceptors (Lipinski definition) is 3. The van der Waals surface area contributed by atoms with Crippen molar-refractivity contribution in [1.29, 1.82) is 0 Å². The Hall–Kier alpha value is -2.15.